The largest absolute Gasteiger partial charge is 0.462 e. The average molecular weight is 195 g/mol. The third-order valence-electron chi connectivity index (χ3n) is 1.80. The van der Waals surface area contributed by atoms with Crippen LogP contribution < -0.4 is 0 Å². The number of rotatable bonds is 2. The maximum Gasteiger partial charge on any atom is 0.344 e. The predicted molar refractivity (Wildman–Crippen MR) is 45.8 cm³/mol. The molecule has 2 aromatic rings. The van der Waals surface area contributed by atoms with E-state index >= 15 is 0 Å². The molecule has 0 unspecified atom stereocenters. The number of fused-ring (bicyclic) bond motifs is 1. The summed E-state index contributed by atoms with van der Waals surface area (Å²) in [4.78, 5) is 11.5. The second-order valence-corrected chi connectivity index (χ2v) is 2.72. The van der Waals surface area contributed by atoms with Crippen LogP contribution in [-0.2, 0) is 4.74 Å². The number of hydrogen-bond acceptors (Lipinski definition) is 5. The van der Waals surface area contributed by atoms with Gasteiger partial charge >= 0.3 is 5.97 Å². The van der Waals surface area contributed by atoms with Crippen LogP contribution in [-0.4, -0.2) is 37.8 Å². The summed E-state index contributed by atoms with van der Waals surface area (Å²) >= 11 is 0. The van der Waals surface area contributed by atoms with Gasteiger partial charge in [0.05, 0.1) is 12.3 Å². The van der Waals surface area contributed by atoms with Gasteiger partial charge in [0.1, 0.15) is 5.56 Å². The lowest BCUT2D eigenvalue weighted by atomic mass is 10.2. The number of aryl methyl sites for hydroxylation is 1. The van der Waals surface area contributed by atoms with E-state index in [1.165, 1.54) is 4.63 Å². The number of nitrogens with one attached hydrogen (secondary N) is 1. The van der Waals surface area contributed by atoms with E-state index in [-0.39, 0.29) is 0 Å². The first kappa shape index (κ1) is 8.67. The SMILES string of the molecule is CCOC(=O)c1c(C)nn2[nH]nnc12. The Kier molecular flexibility index (Phi) is 1.91. The molecule has 1 N–H and O–H groups in total. The predicted octanol–water partition coefficient (Wildman–Crippen LogP) is -0.0625. The summed E-state index contributed by atoms with van der Waals surface area (Å²) in [6.45, 7) is 3.79. The molecule has 0 saturated carbocycles. The van der Waals surface area contributed by atoms with Gasteiger partial charge in [-0.1, -0.05) is 0 Å². The van der Waals surface area contributed by atoms with E-state index in [9.17, 15) is 4.79 Å². The molecule has 14 heavy (non-hydrogen) atoms. The van der Waals surface area contributed by atoms with Crippen molar-refractivity contribution in [2.45, 2.75) is 13.8 Å². The number of carbonyl (C=O) groups is 1. The summed E-state index contributed by atoms with van der Waals surface area (Å²) in [5, 5.41) is 13.8. The Bertz CT molecular complexity index is 471. The van der Waals surface area contributed by atoms with Crippen LogP contribution in [0.1, 0.15) is 23.0 Å². The van der Waals surface area contributed by atoms with Crippen LogP contribution in [0.2, 0.25) is 0 Å². The second-order valence-electron chi connectivity index (χ2n) is 2.72. The standard InChI is InChI=1S/C7H9N5O2/c1-3-14-7(13)5-4(2)9-12-6(5)8-10-11-12/h3H2,1-2H3,(H,8,11). The van der Waals surface area contributed by atoms with E-state index < -0.39 is 5.97 Å². The van der Waals surface area contributed by atoms with Crippen LogP contribution in [0.15, 0.2) is 0 Å². The first-order valence-electron chi connectivity index (χ1n) is 4.17. The highest BCUT2D eigenvalue weighted by Crippen LogP contribution is 2.12. The number of esters is 1. The average Bonchev–Trinajstić information content (AvgIpc) is 2.63. The number of carbonyl (C=O) groups excluding carboxylic acids is 1. The lowest BCUT2D eigenvalue weighted by Gasteiger charge is -1.97. The minimum absolute atomic E-state index is 0.327. The number of aromatic amines is 1. The van der Waals surface area contributed by atoms with Gasteiger partial charge in [0.15, 0.2) is 0 Å². The Morgan fingerprint density at radius 3 is 3.14 bits per heavy atom. The smallest absolute Gasteiger partial charge is 0.344 e. The van der Waals surface area contributed by atoms with E-state index in [4.69, 9.17) is 4.74 Å². The van der Waals surface area contributed by atoms with Crippen LogP contribution in [0.5, 0.6) is 0 Å². The van der Waals surface area contributed by atoms with Gasteiger partial charge in [-0.2, -0.15) is 10.3 Å². The third kappa shape index (κ3) is 1.13. The molecule has 0 bridgehead atoms. The van der Waals surface area contributed by atoms with Gasteiger partial charge in [-0.25, -0.2) is 4.79 Å². The molecular formula is C7H9N5O2. The quantitative estimate of drug-likeness (QED) is 0.678. The summed E-state index contributed by atoms with van der Waals surface area (Å²) in [5.41, 5.74) is 1.33. The highest BCUT2D eigenvalue weighted by atomic mass is 16.5. The van der Waals surface area contributed by atoms with Crippen LogP contribution in [0.4, 0.5) is 0 Å². The summed E-state index contributed by atoms with van der Waals surface area (Å²) in [6.07, 6.45) is 0. The molecule has 0 spiro atoms. The van der Waals surface area contributed by atoms with Gasteiger partial charge in [0, 0.05) is 0 Å². The van der Waals surface area contributed by atoms with Gasteiger partial charge in [-0.3, -0.25) is 0 Å². The van der Waals surface area contributed by atoms with Crippen molar-refractivity contribution in [2.75, 3.05) is 6.61 Å². The van der Waals surface area contributed by atoms with Crippen LogP contribution >= 0.6 is 0 Å². The number of aromatic nitrogens is 5. The fourth-order valence-electron chi connectivity index (χ4n) is 1.23. The normalized spacial score (nSPS) is 10.7. The van der Waals surface area contributed by atoms with Gasteiger partial charge in [0.25, 0.3) is 0 Å². The van der Waals surface area contributed by atoms with Crippen molar-refractivity contribution >= 4 is 11.6 Å². The molecule has 0 radical (unpaired) electrons. The number of tetrazole rings is 1. The molecule has 2 rings (SSSR count). The molecule has 0 aromatic carbocycles. The molecule has 0 aliphatic heterocycles. The van der Waals surface area contributed by atoms with Gasteiger partial charge < -0.3 is 4.74 Å². The van der Waals surface area contributed by atoms with E-state index in [0.717, 1.165) is 0 Å². The van der Waals surface area contributed by atoms with Crippen molar-refractivity contribution in [3.8, 4) is 0 Å². The Morgan fingerprint density at radius 2 is 2.43 bits per heavy atom. The molecule has 2 heterocycles. The molecular weight excluding hydrogens is 186 g/mol. The maximum atomic E-state index is 11.5. The maximum absolute atomic E-state index is 11.5. The van der Waals surface area contributed by atoms with E-state index in [1.54, 1.807) is 13.8 Å². The minimum atomic E-state index is -0.422. The molecule has 7 nitrogen and oxygen atoms in total. The zero-order valence-corrected chi connectivity index (χ0v) is 7.81. The van der Waals surface area contributed by atoms with Crippen LogP contribution in [0, 0.1) is 6.92 Å². The van der Waals surface area contributed by atoms with E-state index in [2.05, 4.69) is 20.6 Å². The third-order valence-corrected chi connectivity index (χ3v) is 1.80. The molecule has 2 aromatic heterocycles. The highest BCUT2D eigenvalue weighted by Gasteiger charge is 2.20. The molecule has 0 atom stereocenters. The summed E-state index contributed by atoms with van der Waals surface area (Å²) < 4.78 is 6.21. The fraction of sp³-hybridized carbons (Fsp3) is 0.429. The van der Waals surface area contributed by atoms with Crippen LogP contribution in [0.3, 0.4) is 0 Å². The van der Waals surface area contributed by atoms with E-state index in [0.29, 0.717) is 23.5 Å². The lowest BCUT2D eigenvalue weighted by molar-refractivity contribution is 0.0527. The summed E-state index contributed by atoms with van der Waals surface area (Å²) in [7, 11) is 0. The fourth-order valence-corrected chi connectivity index (χ4v) is 1.23. The number of nitrogens with zero attached hydrogens (tertiary/aromatic N) is 4. The second kappa shape index (κ2) is 3.09. The van der Waals surface area contributed by atoms with Gasteiger partial charge in [0.2, 0.25) is 5.65 Å². The summed E-state index contributed by atoms with van der Waals surface area (Å²) in [6, 6.07) is 0. The van der Waals surface area contributed by atoms with Crippen LogP contribution in [0.25, 0.3) is 5.65 Å². The Morgan fingerprint density at radius 1 is 1.64 bits per heavy atom. The number of ether oxygens (including phenoxy) is 1. The zero-order chi connectivity index (χ0) is 10.1. The van der Waals surface area contributed by atoms with Crippen molar-refractivity contribution < 1.29 is 9.53 Å². The van der Waals surface area contributed by atoms with Gasteiger partial charge in [-0.05, 0) is 19.1 Å². The van der Waals surface area contributed by atoms with Crippen molar-refractivity contribution in [1.82, 2.24) is 25.3 Å². The van der Waals surface area contributed by atoms with Crippen molar-refractivity contribution in [2.24, 2.45) is 0 Å². The molecule has 0 saturated heterocycles. The zero-order valence-electron chi connectivity index (χ0n) is 7.81. The number of H-pyrrole nitrogens is 1. The number of hydrogen-bond donors (Lipinski definition) is 1. The highest BCUT2D eigenvalue weighted by molar-refractivity contribution is 5.96. The van der Waals surface area contributed by atoms with E-state index in [1.807, 2.05) is 0 Å². The van der Waals surface area contributed by atoms with Crippen molar-refractivity contribution in [3.63, 3.8) is 0 Å². The topological polar surface area (TPSA) is 85.2 Å². The Labute approximate surface area is 79.0 Å². The summed E-state index contributed by atoms with van der Waals surface area (Å²) in [5.74, 6) is -0.422. The molecule has 74 valence electrons. The molecule has 0 aliphatic rings. The Balaban J connectivity index is 2.53. The van der Waals surface area contributed by atoms with Crippen molar-refractivity contribution in [3.05, 3.63) is 11.3 Å². The molecule has 0 fully saturated rings. The molecule has 7 heteroatoms. The molecule has 0 amide bonds. The minimum Gasteiger partial charge on any atom is -0.462 e. The lowest BCUT2D eigenvalue weighted by Crippen LogP contribution is -2.05. The van der Waals surface area contributed by atoms with Gasteiger partial charge in [-0.15, -0.1) is 9.73 Å². The van der Waals surface area contributed by atoms with Crippen molar-refractivity contribution in [1.29, 1.82) is 0 Å². The molecule has 0 aliphatic carbocycles. The first-order valence-corrected chi connectivity index (χ1v) is 4.17. The first-order chi connectivity index (χ1) is 6.74. The Hall–Kier alpha value is -1.92. The monoisotopic (exact) mass is 195 g/mol.